The van der Waals surface area contributed by atoms with Crippen LogP contribution in [0, 0.1) is 6.92 Å². The number of aryl methyl sites for hydroxylation is 1. The van der Waals surface area contributed by atoms with Gasteiger partial charge in [-0.3, -0.25) is 9.59 Å². The molecule has 2 aromatic carbocycles. The van der Waals surface area contributed by atoms with Gasteiger partial charge in [-0.15, -0.1) is 0 Å². The van der Waals surface area contributed by atoms with Crippen LogP contribution in [0.3, 0.4) is 0 Å². The average molecular weight is 411 g/mol. The lowest BCUT2D eigenvalue weighted by atomic mass is 10.0. The van der Waals surface area contributed by atoms with Crippen molar-refractivity contribution in [2.24, 2.45) is 0 Å². The lowest BCUT2D eigenvalue weighted by molar-refractivity contribution is -0.141. The van der Waals surface area contributed by atoms with Gasteiger partial charge in [0.25, 0.3) is 0 Å². The van der Waals surface area contributed by atoms with Crippen LogP contribution in [0.4, 0.5) is 0 Å². The van der Waals surface area contributed by atoms with Crippen molar-refractivity contribution in [3.63, 3.8) is 0 Å². The van der Waals surface area contributed by atoms with E-state index in [0.717, 1.165) is 28.9 Å². The number of methoxy groups -OCH3 is 1. The molecule has 0 fully saturated rings. The fourth-order valence-electron chi connectivity index (χ4n) is 3.40. The fraction of sp³-hybridized carbons (Fsp3) is 0.440. The van der Waals surface area contributed by atoms with Gasteiger partial charge in [-0.25, -0.2) is 0 Å². The first kappa shape index (κ1) is 23.5. The van der Waals surface area contributed by atoms with Crippen LogP contribution >= 0.6 is 0 Å². The Morgan fingerprint density at radius 2 is 1.80 bits per heavy atom. The normalized spacial score (nSPS) is 12.7. The Balaban J connectivity index is 2.33. The van der Waals surface area contributed by atoms with E-state index in [9.17, 15) is 9.59 Å². The molecular weight excluding hydrogens is 376 g/mol. The number of hydrogen-bond donors (Lipinski definition) is 1. The summed E-state index contributed by atoms with van der Waals surface area (Å²) >= 11 is 0. The molecule has 0 heterocycles. The van der Waals surface area contributed by atoms with Crippen molar-refractivity contribution in [3.8, 4) is 5.75 Å². The Kier molecular flexibility index (Phi) is 8.90. The summed E-state index contributed by atoms with van der Waals surface area (Å²) in [5.74, 6) is 0.571. The molecule has 0 bridgehead atoms. The highest BCUT2D eigenvalue weighted by Gasteiger charge is 2.29. The van der Waals surface area contributed by atoms with Gasteiger partial charge in [0.05, 0.1) is 13.5 Å². The van der Waals surface area contributed by atoms with E-state index < -0.39 is 6.04 Å². The summed E-state index contributed by atoms with van der Waals surface area (Å²) in [6.45, 7) is 8.31. The minimum Gasteiger partial charge on any atom is -0.497 e. The average Bonchev–Trinajstić information content (AvgIpc) is 2.75. The highest BCUT2D eigenvalue weighted by molar-refractivity contribution is 5.88. The van der Waals surface area contributed by atoms with Crippen LogP contribution in [0.2, 0.25) is 0 Å². The van der Waals surface area contributed by atoms with E-state index >= 15 is 0 Å². The lowest BCUT2D eigenvalue weighted by Gasteiger charge is -2.31. The molecule has 0 saturated carbocycles. The summed E-state index contributed by atoms with van der Waals surface area (Å²) < 4.78 is 5.33. The Morgan fingerprint density at radius 3 is 2.43 bits per heavy atom. The third-order valence-corrected chi connectivity index (χ3v) is 5.48. The first-order valence-corrected chi connectivity index (χ1v) is 10.7. The zero-order valence-electron chi connectivity index (χ0n) is 18.8. The Hall–Kier alpha value is -2.82. The van der Waals surface area contributed by atoms with E-state index in [0.29, 0.717) is 13.0 Å². The van der Waals surface area contributed by atoms with Gasteiger partial charge < -0.3 is 15.0 Å². The van der Waals surface area contributed by atoms with E-state index in [1.54, 1.807) is 12.0 Å². The molecule has 2 amide bonds. The molecule has 2 atom stereocenters. The molecular formula is C25H34N2O3. The van der Waals surface area contributed by atoms with Crippen molar-refractivity contribution in [1.29, 1.82) is 0 Å². The van der Waals surface area contributed by atoms with Gasteiger partial charge in [-0.05, 0) is 55.5 Å². The first-order valence-electron chi connectivity index (χ1n) is 10.7. The van der Waals surface area contributed by atoms with E-state index in [-0.39, 0.29) is 24.3 Å². The molecule has 0 radical (unpaired) electrons. The van der Waals surface area contributed by atoms with E-state index in [1.165, 1.54) is 0 Å². The van der Waals surface area contributed by atoms with Gasteiger partial charge >= 0.3 is 0 Å². The molecule has 0 aliphatic rings. The highest BCUT2D eigenvalue weighted by Crippen LogP contribution is 2.19. The highest BCUT2D eigenvalue weighted by atomic mass is 16.5. The topological polar surface area (TPSA) is 58.6 Å². The Labute approximate surface area is 180 Å². The van der Waals surface area contributed by atoms with Crippen molar-refractivity contribution >= 4 is 11.8 Å². The minimum atomic E-state index is -0.526. The van der Waals surface area contributed by atoms with Gasteiger partial charge in [-0.2, -0.15) is 0 Å². The van der Waals surface area contributed by atoms with E-state index in [1.807, 2.05) is 76.2 Å². The van der Waals surface area contributed by atoms with Crippen molar-refractivity contribution in [2.45, 2.75) is 65.6 Å². The molecule has 0 aromatic heterocycles. The Bertz CT molecular complexity index is 850. The van der Waals surface area contributed by atoms with Crippen LogP contribution in [0.25, 0.3) is 0 Å². The van der Waals surface area contributed by atoms with Crippen LogP contribution in [0.15, 0.2) is 48.5 Å². The van der Waals surface area contributed by atoms with Gasteiger partial charge in [0.1, 0.15) is 11.8 Å². The minimum absolute atomic E-state index is 0.0572. The number of nitrogens with one attached hydrogen (secondary N) is 1. The maximum atomic E-state index is 13.4. The van der Waals surface area contributed by atoms with Crippen molar-refractivity contribution < 1.29 is 14.3 Å². The van der Waals surface area contributed by atoms with Gasteiger partial charge in [-0.1, -0.05) is 50.2 Å². The van der Waals surface area contributed by atoms with Gasteiger partial charge in [0, 0.05) is 12.6 Å². The monoisotopic (exact) mass is 410 g/mol. The summed E-state index contributed by atoms with van der Waals surface area (Å²) in [6, 6.07) is 15.1. The number of amides is 2. The van der Waals surface area contributed by atoms with Crippen molar-refractivity contribution in [1.82, 2.24) is 10.2 Å². The van der Waals surface area contributed by atoms with Gasteiger partial charge in [0.2, 0.25) is 11.8 Å². The zero-order valence-corrected chi connectivity index (χ0v) is 18.8. The SMILES string of the molecule is CC[C@@H](C)NC(=O)[C@H](CC)N(Cc1cccc(OC)c1)C(=O)Cc1ccccc1C. The molecule has 0 aliphatic heterocycles. The molecule has 2 aromatic rings. The lowest BCUT2D eigenvalue weighted by Crippen LogP contribution is -2.51. The number of rotatable bonds is 10. The number of hydrogen-bond acceptors (Lipinski definition) is 3. The number of carbonyl (C=O) groups is 2. The summed E-state index contributed by atoms with van der Waals surface area (Å²) in [6.07, 6.45) is 1.66. The molecule has 5 nitrogen and oxygen atoms in total. The Morgan fingerprint density at radius 1 is 1.07 bits per heavy atom. The molecule has 5 heteroatoms. The fourth-order valence-corrected chi connectivity index (χ4v) is 3.40. The molecule has 0 spiro atoms. The molecule has 162 valence electrons. The van der Waals surface area contributed by atoms with Crippen LogP contribution in [0.5, 0.6) is 5.75 Å². The van der Waals surface area contributed by atoms with Crippen LogP contribution in [-0.2, 0) is 22.6 Å². The quantitative estimate of drug-likeness (QED) is 0.636. The third kappa shape index (κ3) is 6.34. The maximum Gasteiger partial charge on any atom is 0.243 e. The summed E-state index contributed by atoms with van der Waals surface area (Å²) in [5, 5.41) is 3.04. The smallest absolute Gasteiger partial charge is 0.243 e. The largest absolute Gasteiger partial charge is 0.497 e. The molecule has 0 aliphatic carbocycles. The molecule has 0 saturated heterocycles. The third-order valence-electron chi connectivity index (χ3n) is 5.48. The van der Waals surface area contributed by atoms with Crippen molar-refractivity contribution in [2.75, 3.05) is 7.11 Å². The summed E-state index contributed by atoms with van der Waals surface area (Å²) in [7, 11) is 1.62. The zero-order chi connectivity index (χ0) is 22.1. The summed E-state index contributed by atoms with van der Waals surface area (Å²) in [4.78, 5) is 28.1. The second-order valence-corrected chi connectivity index (χ2v) is 7.72. The van der Waals surface area contributed by atoms with Crippen LogP contribution < -0.4 is 10.1 Å². The van der Waals surface area contributed by atoms with Crippen LogP contribution in [0.1, 0.15) is 50.3 Å². The maximum absolute atomic E-state index is 13.4. The predicted octanol–water partition coefficient (Wildman–Crippen LogP) is 4.27. The molecule has 2 rings (SSSR count). The van der Waals surface area contributed by atoms with Crippen LogP contribution in [-0.4, -0.2) is 35.9 Å². The first-order chi connectivity index (χ1) is 14.4. The predicted molar refractivity (Wildman–Crippen MR) is 120 cm³/mol. The number of nitrogens with zero attached hydrogens (tertiary/aromatic N) is 1. The van der Waals surface area contributed by atoms with Gasteiger partial charge in [0.15, 0.2) is 0 Å². The summed E-state index contributed by atoms with van der Waals surface area (Å²) in [5.41, 5.74) is 2.99. The number of ether oxygens (including phenoxy) is 1. The van der Waals surface area contributed by atoms with E-state index in [4.69, 9.17) is 4.74 Å². The second-order valence-electron chi connectivity index (χ2n) is 7.72. The van der Waals surface area contributed by atoms with E-state index in [2.05, 4.69) is 5.32 Å². The number of benzene rings is 2. The molecule has 1 N–H and O–H groups in total. The van der Waals surface area contributed by atoms with Crippen molar-refractivity contribution in [3.05, 3.63) is 65.2 Å². The molecule has 30 heavy (non-hydrogen) atoms. The molecule has 0 unspecified atom stereocenters. The number of carbonyl (C=O) groups excluding carboxylic acids is 2. The standard InChI is InChI=1S/C25H34N2O3/c1-6-19(4)26-25(29)23(7-2)27(17-20-12-10-14-22(15-20)30-5)24(28)16-21-13-9-8-11-18(21)3/h8-15,19,23H,6-7,16-17H2,1-5H3,(H,26,29)/t19-,23+/m1/s1. The second kappa shape index (κ2) is 11.4.